The molecule has 0 saturated heterocycles. The molecule has 1 atom stereocenters. The summed E-state index contributed by atoms with van der Waals surface area (Å²) in [5.74, 6) is -1.08. The van der Waals surface area contributed by atoms with Gasteiger partial charge >= 0.3 is 0 Å². The van der Waals surface area contributed by atoms with Crippen LogP contribution in [0.2, 0.25) is 5.02 Å². The van der Waals surface area contributed by atoms with Crippen molar-refractivity contribution in [1.82, 2.24) is 0 Å². The number of nitro benzene ring substituents is 1. The Balaban J connectivity index is 2.02. The second kappa shape index (κ2) is 7.43. The highest BCUT2D eigenvalue weighted by molar-refractivity contribution is 8.00. The van der Waals surface area contributed by atoms with E-state index in [2.05, 4.69) is 5.32 Å². The Labute approximate surface area is 141 Å². The first kappa shape index (κ1) is 17.2. The molecule has 2 aromatic carbocycles. The summed E-state index contributed by atoms with van der Waals surface area (Å²) in [5.41, 5.74) is -0.00824. The number of hydrogen-bond acceptors (Lipinski definition) is 4. The molecule has 0 heterocycles. The van der Waals surface area contributed by atoms with Crippen LogP contribution in [0.4, 0.5) is 15.8 Å². The molecular formula is C15H12ClFN2O3S. The Hall–Kier alpha value is -2.12. The minimum atomic E-state index is -0.685. The van der Waals surface area contributed by atoms with E-state index >= 15 is 0 Å². The standard InChI is InChI=1S/C15H12ClFN2O3S/c1-9(23-11-7-5-10(6-8-11)19(21)22)15(20)18-13-4-2-3-12(16)14(13)17/h2-9H,1H3,(H,18,20). The van der Waals surface area contributed by atoms with Crippen molar-refractivity contribution in [3.63, 3.8) is 0 Å². The van der Waals surface area contributed by atoms with E-state index in [4.69, 9.17) is 11.6 Å². The molecule has 0 aliphatic carbocycles. The van der Waals surface area contributed by atoms with Gasteiger partial charge in [-0.05, 0) is 31.2 Å². The third-order valence-corrected chi connectivity index (χ3v) is 4.34. The molecule has 1 amide bonds. The predicted octanol–water partition coefficient (Wildman–Crippen LogP) is 4.51. The molecule has 23 heavy (non-hydrogen) atoms. The van der Waals surface area contributed by atoms with Crippen molar-refractivity contribution in [2.45, 2.75) is 17.1 Å². The third kappa shape index (κ3) is 4.43. The molecule has 0 aromatic heterocycles. The monoisotopic (exact) mass is 354 g/mol. The van der Waals surface area contributed by atoms with Gasteiger partial charge in [0.1, 0.15) is 0 Å². The average Bonchev–Trinajstić information content (AvgIpc) is 2.52. The highest BCUT2D eigenvalue weighted by Gasteiger charge is 2.17. The molecule has 120 valence electrons. The Morgan fingerprint density at radius 1 is 1.30 bits per heavy atom. The number of anilines is 1. The minimum absolute atomic E-state index is 0.0126. The van der Waals surface area contributed by atoms with Gasteiger partial charge in [0.25, 0.3) is 5.69 Å². The highest BCUT2D eigenvalue weighted by Crippen LogP contribution is 2.27. The number of non-ortho nitro benzene ring substituents is 1. The minimum Gasteiger partial charge on any atom is -0.323 e. The van der Waals surface area contributed by atoms with Crippen LogP contribution in [0.25, 0.3) is 0 Å². The second-order valence-electron chi connectivity index (χ2n) is 4.60. The van der Waals surface area contributed by atoms with Crippen LogP contribution in [0.5, 0.6) is 0 Å². The van der Waals surface area contributed by atoms with Crippen molar-refractivity contribution in [3.8, 4) is 0 Å². The van der Waals surface area contributed by atoms with E-state index in [1.54, 1.807) is 19.1 Å². The molecule has 1 N–H and O–H groups in total. The maximum absolute atomic E-state index is 13.8. The number of benzene rings is 2. The summed E-state index contributed by atoms with van der Waals surface area (Å²) in [7, 11) is 0. The first-order chi connectivity index (χ1) is 10.9. The predicted molar refractivity (Wildman–Crippen MR) is 88.5 cm³/mol. The Bertz CT molecular complexity index is 740. The normalized spacial score (nSPS) is 11.8. The van der Waals surface area contributed by atoms with Crippen LogP contribution >= 0.6 is 23.4 Å². The van der Waals surface area contributed by atoms with Gasteiger partial charge in [-0.15, -0.1) is 11.8 Å². The van der Waals surface area contributed by atoms with Crippen LogP contribution in [-0.2, 0) is 4.79 Å². The van der Waals surface area contributed by atoms with Crippen molar-refractivity contribution < 1.29 is 14.1 Å². The number of halogens is 2. The maximum Gasteiger partial charge on any atom is 0.269 e. The average molecular weight is 355 g/mol. The number of carbonyl (C=O) groups is 1. The molecule has 0 radical (unpaired) electrons. The number of rotatable bonds is 5. The zero-order chi connectivity index (χ0) is 17.0. The van der Waals surface area contributed by atoms with E-state index < -0.39 is 21.9 Å². The first-order valence-corrected chi connectivity index (χ1v) is 7.80. The van der Waals surface area contributed by atoms with E-state index in [9.17, 15) is 19.3 Å². The topological polar surface area (TPSA) is 72.2 Å². The summed E-state index contributed by atoms with van der Waals surface area (Å²) < 4.78 is 13.8. The summed E-state index contributed by atoms with van der Waals surface area (Å²) >= 11 is 6.87. The van der Waals surface area contributed by atoms with Crippen molar-refractivity contribution in [2.24, 2.45) is 0 Å². The van der Waals surface area contributed by atoms with Gasteiger partial charge in [-0.25, -0.2) is 4.39 Å². The molecule has 0 aliphatic rings. The third-order valence-electron chi connectivity index (χ3n) is 2.94. The first-order valence-electron chi connectivity index (χ1n) is 6.54. The smallest absolute Gasteiger partial charge is 0.269 e. The van der Waals surface area contributed by atoms with Gasteiger partial charge in [0, 0.05) is 17.0 Å². The maximum atomic E-state index is 13.8. The number of thioether (sulfide) groups is 1. The molecule has 0 bridgehead atoms. The fourth-order valence-corrected chi connectivity index (χ4v) is 2.78. The molecule has 5 nitrogen and oxygen atoms in total. The number of nitrogens with zero attached hydrogens (tertiary/aromatic N) is 1. The van der Waals surface area contributed by atoms with Crippen LogP contribution in [0.3, 0.4) is 0 Å². The van der Waals surface area contributed by atoms with E-state index in [1.165, 1.54) is 42.1 Å². The van der Waals surface area contributed by atoms with E-state index in [1.807, 2.05) is 0 Å². The highest BCUT2D eigenvalue weighted by atomic mass is 35.5. The molecule has 1 unspecified atom stereocenters. The number of carbonyl (C=O) groups excluding carboxylic acids is 1. The zero-order valence-corrected chi connectivity index (χ0v) is 13.5. The lowest BCUT2D eigenvalue weighted by Gasteiger charge is -2.12. The molecule has 2 rings (SSSR count). The summed E-state index contributed by atoms with van der Waals surface area (Å²) in [4.78, 5) is 22.9. The summed E-state index contributed by atoms with van der Waals surface area (Å²) in [5, 5.41) is 12.5. The van der Waals surface area contributed by atoms with Gasteiger partial charge in [-0.3, -0.25) is 14.9 Å². The van der Waals surface area contributed by atoms with Crippen molar-refractivity contribution in [1.29, 1.82) is 0 Å². The largest absolute Gasteiger partial charge is 0.323 e. The van der Waals surface area contributed by atoms with Gasteiger partial charge in [0.2, 0.25) is 5.91 Å². The number of nitro groups is 1. The summed E-state index contributed by atoms with van der Waals surface area (Å²) in [6, 6.07) is 10.2. The van der Waals surface area contributed by atoms with Crippen LogP contribution in [0, 0.1) is 15.9 Å². The lowest BCUT2D eigenvalue weighted by atomic mass is 10.3. The zero-order valence-electron chi connectivity index (χ0n) is 12.0. The Kier molecular flexibility index (Phi) is 5.57. The van der Waals surface area contributed by atoms with Crippen LogP contribution in [0.15, 0.2) is 47.4 Å². The Morgan fingerprint density at radius 2 is 1.96 bits per heavy atom. The Morgan fingerprint density at radius 3 is 2.57 bits per heavy atom. The van der Waals surface area contributed by atoms with Crippen LogP contribution in [-0.4, -0.2) is 16.1 Å². The fourth-order valence-electron chi connectivity index (χ4n) is 1.74. The van der Waals surface area contributed by atoms with Crippen LogP contribution in [0.1, 0.15) is 6.92 Å². The molecular weight excluding hydrogens is 343 g/mol. The molecule has 0 fully saturated rings. The number of amides is 1. The fraction of sp³-hybridized carbons (Fsp3) is 0.133. The van der Waals surface area contributed by atoms with Gasteiger partial charge in [-0.1, -0.05) is 17.7 Å². The number of hydrogen-bond donors (Lipinski definition) is 1. The van der Waals surface area contributed by atoms with E-state index in [0.29, 0.717) is 4.90 Å². The van der Waals surface area contributed by atoms with E-state index in [0.717, 1.165) is 0 Å². The van der Waals surface area contributed by atoms with Gasteiger partial charge < -0.3 is 5.32 Å². The van der Waals surface area contributed by atoms with Gasteiger partial charge in [0.15, 0.2) is 5.82 Å². The molecule has 8 heteroatoms. The summed E-state index contributed by atoms with van der Waals surface area (Å²) in [6.07, 6.45) is 0. The van der Waals surface area contributed by atoms with Gasteiger partial charge in [-0.2, -0.15) is 0 Å². The van der Waals surface area contributed by atoms with Gasteiger partial charge in [0.05, 0.1) is 20.9 Å². The quantitative estimate of drug-likeness (QED) is 0.487. The van der Waals surface area contributed by atoms with E-state index in [-0.39, 0.29) is 16.4 Å². The molecule has 0 saturated carbocycles. The SMILES string of the molecule is CC(Sc1ccc([N+](=O)[O-])cc1)C(=O)Nc1cccc(Cl)c1F. The van der Waals surface area contributed by atoms with Crippen molar-refractivity contribution in [2.75, 3.05) is 5.32 Å². The van der Waals surface area contributed by atoms with Crippen molar-refractivity contribution >= 4 is 40.6 Å². The van der Waals surface area contributed by atoms with Crippen LogP contribution < -0.4 is 5.32 Å². The summed E-state index contributed by atoms with van der Waals surface area (Å²) in [6.45, 7) is 1.66. The molecule has 0 spiro atoms. The lowest BCUT2D eigenvalue weighted by Crippen LogP contribution is -2.23. The number of nitrogens with one attached hydrogen (secondary N) is 1. The molecule has 2 aromatic rings. The second-order valence-corrected chi connectivity index (χ2v) is 6.42. The lowest BCUT2D eigenvalue weighted by molar-refractivity contribution is -0.384. The van der Waals surface area contributed by atoms with Crippen molar-refractivity contribution in [3.05, 3.63) is 63.4 Å². The molecule has 0 aliphatic heterocycles.